The van der Waals surface area contributed by atoms with E-state index in [1.165, 1.54) is 0 Å². The molecule has 1 aliphatic heterocycles. The van der Waals surface area contributed by atoms with Gasteiger partial charge in [0.05, 0.1) is 5.56 Å². The summed E-state index contributed by atoms with van der Waals surface area (Å²) < 4.78 is 5.07. The molecule has 7 heteroatoms. The second-order valence-electron chi connectivity index (χ2n) is 6.01. The van der Waals surface area contributed by atoms with E-state index < -0.39 is 5.97 Å². The van der Waals surface area contributed by atoms with Gasteiger partial charge in [-0.05, 0) is 42.3 Å². The molecule has 0 bridgehead atoms. The number of anilines is 1. The van der Waals surface area contributed by atoms with E-state index in [1.807, 2.05) is 30.3 Å². The summed E-state index contributed by atoms with van der Waals surface area (Å²) in [6, 6.07) is 14.9. The molecule has 3 rings (SSSR count). The van der Waals surface area contributed by atoms with Crippen molar-refractivity contribution in [1.29, 1.82) is 0 Å². The number of esters is 1. The van der Waals surface area contributed by atoms with Crippen LogP contribution in [0.4, 0.5) is 5.69 Å². The van der Waals surface area contributed by atoms with Crippen LogP contribution < -0.4 is 10.6 Å². The average Bonchev–Trinajstić information content (AvgIpc) is 2.69. The molecule has 2 aromatic carbocycles. The van der Waals surface area contributed by atoms with Gasteiger partial charge in [-0.1, -0.05) is 18.2 Å². The van der Waals surface area contributed by atoms with Crippen LogP contribution in [0.5, 0.6) is 0 Å². The molecular formula is C20H20N2O4S. The first-order chi connectivity index (χ1) is 13.1. The van der Waals surface area contributed by atoms with Crippen LogP contribution in [-0.2, 0) is 20.7 Å². The maximum Gasteiger partial charge on any atom is 0.338 e. The van der Waals surface area contributed by atoms with Gasteiger partial charge in [0, 0.05) is 29.3 Å². The molecule has 1 aliphatic rings. The molecular weight excluding hydrogens is 364 g/mol. The summed E-state index contributed by atoms with van der Waals surface area (Å²) in [5, 5.41) is 5.49. The topological polar surface area (TPSA) is 84.5 Å². The van der Waals surface area contributed by atoms with Crippen LogP contribution >= 0.6 is 11.8 Å². The minimum Gasteiger partial charge on any atom is -0.452 e. The van der Waals surface area contributed by atoms with Gasteiger partial charge in [0.1, 0.15) is 0 Å². The summed E-state index contributed by atoms with van der Waals surface area (Å²) in [5.74, 6) is -0.175. The van der Waals surface area contributed by atoms with Crippen LogP contribution in [0.15, 0.2) is 53.4 Å². The largest absolute Gasteiger partial charge is 0.452 e. The third kappa shape index (κ3) is 5.59. The zero-order valence-electron chi connectivity index (χ0n) is 14.7. The lowest BCUT2D eigenvalue weighted by molar-refractivity contribution is -0.124. The minimum absolute atomic E-state index is 0.0278. The highest BCUT2D eigenvalue weighted by Crippen LogP contribution is 2.23. The molecule has 0 aromatic heterocycles. The maximum atomic E-state index is 12.1. The van der Waals surface area contributed by atoms with Crippen molar-refractivity contribution in [2.75, 3.05) is 24.2 Å². The molecule has 0 saturated heterocycles. The Morgan fingerprint density at radius 2 is 1.93 bits per heavy atom. The van der Waals surface area contributed by atoms with E-state index in [9.17, 15) is 14.4 Å². The van der Waals surface area contributed by atoms with Crippen molar-refractivity contribution in [3.63, 3.8) is 0 Å². The van der Waals surface area contributed by atoms with Crippen molar-refractivity contribution >= 4 is 35.2 Å². The number of thioether (sulfide) groups is 1. The lowest BCUT2D eigenvalue weighted by Gasteiger charge is -2.17. The molecule has 2 aromatic rings. The number of nitrogens with one attached hydrogen (secondary N) is 2. The number of fused-ring (bicyclic) bond motifs is 1. The lowest BCUT2D eigenvalue weighted by atomic mass is 10.0. The number of hydrogen-bond acceptors (Lipinski definition) is 5. The molecule has 0 aliphatic carbocycles. The summed E-state index contributed by atoms with van der Waals surface area (Å²) in [4.78, 5) is 36.4. The molecule has 0 spiro atoms. The van der Waals surface area contributed by atoms with Gasteiger partial charge in [0.15, 0.2) is 6.61 Å². The third-order valence-electron chi connectivity index (χ3n) is 4.01. The highest BCUT2D eigenvalue weighted by molar-refractivity contribution is 7.99. The van der Waals surface area contributed by atoms with Gasteiger partial charge >= 0.3 is 5.97 Å². The molecule has 0 unspecified atom stereocenters. The first kappa shape index (κ1) is 19.0. The zero-order valence-corrected chi connectivity index (χ0v) is 15.5. The Kier molecular flexibility index (Phi) is 6.49. The Hall–Kier alpha value is -2.80. The molecule has 1 heterocycles. The van der Waals surface area contributed by atoms with Crippen LogP contribution in [0.25, 0.3) is 0 Å². The van der Waals surface area contributed by atoms with E-state index in [0.717, 1.165) is 21.9 Å². The monoisotopic (exact) mass is 384 g/mol. The van der Waals surface area contributed by atoms with E-state index in [2.05, 4.69) is 10.6 Å². The fourth-order valence-corrected chi connectivity index (χ4v) is 3.44. The summed E-state index contributed by atoms with van der Waals surface area (Å²) in [6.07, 6.45) is 0.983. The van der Waals surface area contributed by atoms with Gasteiger partial charge < -0.3 is 15.4 Å². The fraction of sp³-hybridized carbons (Fsp3) is 0.250. The highest BCUT2D eigenvalue weighted by Gasteiger charge is 2.17. The van der Waals surface area contributed by atoms with Gasteiger partial charge in [-0.15, -0.1) is 11.8 Å². The predicted molar refractivity (Wildman–Crippen MR) is 104 cm³/mol. The van der Waals surface area contributed by atoms with E-state index in [0.29, 0.717) is 24.9 Å². The van der Waals surface area contributed by atoms with Crippen molar-refractivity contribution in [3.05, 3.63) is 59.7 Å². The Balaban J connectivity index is 1.39. The maximum absolute atomic E-state index is 12.1. The van der Waals surface area contributed by atoms with Gasteiger partial charge in [-0.2, -0.15) is 0 Å². The second-order valence-corrected chi connectivity index (χ2v) is 7.18. The number of aryl methyl sites for hydroxylation is 1. The van der Waals surface area contributed by atoms with Gasteiger partial charge in [0.25, 0.3) is 5.91 Å². The summed E-state index contributed by atoms with van der Waals surface area (Å²) in [5.41, 5.74) is 1.99. The molecule has 27 heavy (non-hydrogen) atoms. The molecule has 0 atom stereocenters. The van der Waals surface area contributed by atoms with Crippen LogP contribution in [0.3, 0.4) is 0 Å². The van der Waals surface area contributed by atoms with Crippen LogP contribution in [0.1, 0.15) is 22.3 Å². The molecule has 140 valence electrons. The standard InChI is InChI=1S/C20H20N2O4S/c23-18-9-7-14-12-15(6-8-17(14)22-18)20(25)26-13-19(24)21-10-11-27-16-4-2-1-3-5-16/h1-6,8,12H,7,9-11,13H2,(H,21,24)(H,22,23). The molecule has 0 radical (unpaired) electrons. The fourth-order valence-electron chi connectivity index (χ4n) is 2.65. The Morgan fingerprint density at radius 3 is 2.74 bits per heavy atom. The Labute approximate surface area is 161 Å². The Bertz CT molecular complexity index is 839. The van der Waals surface area contributed by atoms with Crippen LogP contribution in [0.2, 0.25) is 0 Å². The van der Waals surface area contributed by atoms with Crippen molar-refractivity contribution in [3.8, 4) is 0 Å². The summed E-state index contributed by atoms with van der Waals surface area (Å²) in [7, 11) is 0. The van der Waals surface area contributed by atoms with Crippen LogP contribution in [-0.4, -0.2) is 36.7 Å². The van der Waals surface area contributed by atoms with Crippen molar-refractivity contribution < 1.29 is 19.1 Å². The van der Waals surface area contributed by atoms with E-state index in [4.69, 9.17) is 4.74 Å². The van der Waals surface area contributed by atoms with E-state index in [1.54, 1.807) is 30.0 Å². The van der Waals surface area contributed by atoms with E-state index >= 15 is 0 Å². The number of carbonyl (C=O) groups is 3. The van der Waals surface area contributed by atoms with Gasteiger partial charge in [0.2, 0.25) is 5.91 Å². The third-order valence-corrected chi connectivity index (χ3v) is 5.02. The second kappa shape index (κ2) is 9.23. The zero-order chi connectivity index (χ0) is 19.1. The lowest BCUT2D eigenvalue weighted by Crippen LogP contribution is -2.30. The first-order valence-electron chi connectivity index (χ1n) is 8.66. The van der Waals surface area contributed by atoms with Crippen LogP contribution in [0, 0.1) is 0 Å². The van der Waals surface area contributed by atoms with Gasteiger partial charge in [-0.25, -0.2) is 4.79 Å². The normalized spacial score (nSPS) is 12.7. The minimum atomic E-state index is -0.552. The van der Waals surface area contributed by atoms with Gasteiger partial charge in [-0.3, -0.25) is 9.59 Å². The highest BCUT2D eigenvalue weighted by atomic mass is 32.2. The average molecular weight is 384 g/mol. The number of rotatable bonds is 7. The first-order valence-corrected chi connectivity index (χ1v) is 9.65. The number of benzene rings is 2. The quantitative estimate of drug-likeness (QED) is 0.436. The van der Waals surface area contributed by atoms with Crippen molar-refractivity contribution in [1.82, 2.24) is 5.32 Å². The molecule has 2 N–H and O–H groups in total. The predicted octanol–water partition coefficient (Wildman–Crippen LogP) is 2.64. The number of carbonyl (C=O) groups excluding carboxylic acids is 3. The van der Waals surface area contributed by atoms with E-state index in [-0.39, 0.29) is 18.4 Å². The molecule has 0 saturated carbocycles. The number of amides is 2. The van der Waals surface area contributed by atoms with Crippen molar-refractivity contribution in [2.45, 2.75) is 17.7 Å². The number of hydrogen-bond donors (Lipinski definition) is 2. The summed E-state index contributed by atoms with van der Waals surface area (Å²) in [6.45, 7) is 0.178. The molecule has 2 amide bonds. The SMILES string of the molecule is O=C(COC(=O)c1ccc2c(c1)CCC(=O)N2)NCCSc1ccccc1. The smallest absolute Gasteiger partial charge is 0.338 e. The molecule has 6 nitrogen and oxygen atoms in total. The summed E-state index contributed by atoms with van der Waals surface area (Å²) >= 11 is 1.64. The number of ether oxygens (including phenoxy) is 1. The van der Waals surface area contributed by atoms with Crippen molar-refractivity contribution in [2.24, 2.45) is 0 Å². The molecule has 0 fully saturated rings. The Morgan fingerprint density at radius 1 is 1.11 bits per heavy atom.